The number of nitrogens with one attached hydrogen (secondary N) is 1. The van der Waals surface area contributed by atoms with Crippen LogP contribution in [0.2, 0.25) is 0 Å². The average molecular weight is 381 g/mol. The highest BCUT2D eigenvalue weighted by Gasteiger charge is 2.16. The Kier molecular flexibility index (Phi) is 5.93. The van der Waals surface area contributed by atoms with Gasteiger partial charge in [0.15, 0.2) is 6.10 Å². The number of carbonyl (C=O) groups is 1. The van der Waals surface area contributed by atoms with Gasteiger partial charge in [-0.25, -0.2) is 0 Å². The molecule has 2 aromatic carbocycles. The molecule has 0 fully saturated rings. The number of hydrogen-bond donors (Lipinski definition) is 1. The Labute approximate surface area is 163 Å². The third-order valence-electron chi connectivity index (χ3n) is 4.09. The number of rotatable bonds is 7. The number of carbonyl (C=O) groups excluding carboxylic acids is 1. The minimum Gasteiger partial charge on any atom is -0.497 e. The van der Waals surface area contributed by atoms with Crippen molar-refractivity contribution in [2.24, 2.45) is 0 Å². The Morgan fingerprint density at radius 3 is 2.61 bits per heavy atom. The zero-order valence-corrected chi connectivity index (χ0v) is 16.4. The standard InChI is InChI=1S/C21H23N3O4/c1-13-8-14(2)10-18(9-13)27-15(3)21(25)22-12-19-23-20(24-28-19)16-6-5-7-17(11-16)26-4/h5-11,15H,12H2,1-4H3,(H,22,25). The molecule has 7 nitrogen and oxygen atoms in total. The van der Waals surface area contributed by atoms with Crippen LogP contribution in [0.1, 0.15) is 23.9 Å². The SMILES string of the molecule is COc1cccc(-c2noc(CNC(=O)C(C)Oc3cc(C)cc(C)c3)n2)c1. The average Bonchev–Trinajstić information content (AvgIpc) is 3.14. The lowest BCUT2D eigenvalue weighted by Gasteiger charge is -2.15. The molecule has 1 N–H and O–H groups in total. The monoisotopic (exact) mass is 381 g/mol. The summed E-state index contributed by atoms with van der Waals surface area (Å²) in [4.78, 5) is 16.6. The Morgan fingerprint density at radius 2 is 1.89 bits per heavy atom. The van der Waals surface area contributed by atoms with Crippen molar-refractivity contribution in [1.82, 2.24) is 15.5 Å². The van der Waals surface area contributed by atoms with Gasteiger partial charge in [0.05, 0.1) is 13.7 Å². The molecule has 0 aliphatic carbocycles. The van der Waals surface area contributed by atoms with E-state index in [1.165, 1.54) is 0 Å². The third kappa shape index (κ3) is 4.88. The van der Waals surface area contributed by atoms with E-state index in [9.17, 15) is 4.79 Å². The van der Waals surface area contributed by atoms with E-state index in [1.807, 2.05) is 56.3 Å². The van der Waals surface area contributed by atoms with E-state index in [4.69, 9.17) is 14.0 Å². The molecule has 1 unspecified atom stereocenters. The van der Waals surface area contributed by atoms with Crippen molar-refractivity contribution >= 4 is 5.91 Å². The van der Waals surface area contributed by atoms with Crippen molar-refractivity contribution in [3.05, 3.63) is 59.5 Å². The predicted octanol–water partition coefficient (Wildman–Crippen LogP) is 3.45. The fraction of sp³-hybridized carbons (Fsp3) is 0.286. The molecule has 3 rings (SSSR count). The molecular formula is C21H23N3O4. The lowest BCUT2D eigenvalue weighted by Crippen LogP contribution is -2.36. The van der Waals surface area contributed by atoms with Gasteiger partial charge in [0.1, 0.15) is 11.5 Å². The highest BCUT2D eigenvalue weighted by Crippen LogP contribution is 2.21. The van der Waals surface area contributed by atoms with Crippen LogP contribution < -0.4 is 14.8 Å². The first-order valence-electron chi connectivity index (χ1n) is 8.94. The number of aromatic nitrogens is 2. The highest BCUT2D eigenvalue weighted by atomic mass is 16.5. The molecule has 7 heteroatoms. The van der Waals surface area contributed by atoms with E-state index in [0.29, 0.717) is 23.2 Å². The Hall–Kier alpha value is -3.35. The molecule has 0 bridgehead atoms. The van der Waals surface area contributed by atoms with Crippen LogP contribution in [0.25, 0.3) is 11.4 Å². The fourth-order valence-corrected chi connectivity index (χ4v) is 2.77. The molecule has 28 heavy (non-hydrogen) atoms. The number of nitrogens with zero attached hydrogens (tertiary/aromatic N) is 2. The molecule has 146 valence electrons. The largest absolute Gasteiger partial charge is 0.497 e. The summed E-state index contributed by atoms with van der Waals surface area (Å²) >= 11 is 0. The molecule has 1 heterocycles. The van der Waals surface area contributed by atoms with Crippen LogP contribution in [0.4, 0.5) is 0 Å². The molecule has 0 aliphatic heterocycles. The van der Waals surface area contributed by atoms with Gasteiger partial charge in [-0.2, -0.15) is 4.98 Å². The zero-order chi connectivity index (χ0) is 20.1. The van der Waals surface area contributed by atoms with Crippen molar-refractivity contribution in [1.29, 1.82) is 0 Å². The van der Waals surface area contributed by atoms with Crippen molar-refractivity contribution in [2.75, 3.05) is 7.11 Å². The Balaban J connectivity index is 1.57. The van der Waals surface area contributed by atoms with Gasteiger partial charge >= 0.3 is 0 Å². The topological polar surface area (TPSA) is 86.5 Å². The molecule has 3 aromatic rings. The molecule has 1 amide bonds. The van der Waals surface area contributed by atoms with E-state index in [0.717, 1.165) is 16.7 Å². The van der Waals surface area contributed by atoms with Gasteiger partial charge < -0.3 is 19.3 Å². The van der Waals surface area contributed by atoms with Crippen molar-refractivity contribution < 1.29 is 18.8 Å². The summed E-state index contributed by atoms with van der Waals surface area (Å²) < 4.78 is 16.1. The first-order chi connectivity index (χ1) is 13.4. The van der Waals surface area contributed by atoms with Crippen LogP contribution >= 0.6 is 0 Å². The van der Waals surface area contributed by atoms with Gasteiger partial charge in [-0.1, -0.05) is 23.4 Å². The smallest absolute Gasteiger partial charge is 0.261 e. The minimum absolute atomic E-state index is 0.121. The predicted molar refractivity (Wildman–Crippen MR) is 104 cm³/mol. The van der Waals surface area contributed by atoms with Gasteiger partial charge in [0.2, 0.25) is 11.7 Å². The maximum Gasteiger partial charge on any atom is 0.261 e. The zero-order valence-electron chi connectivity index (χ0n) is 16.4. The first-order valence-corrected chi connectivity index (χ1v) is 8.94. The number of amides is 1. The minimum atomic E-state index is -0.651. The van der Waals surface area contributed by atoms with Gasteiger partial charge in [0, 0.05) is 5.56 Å². The summed E-state index contributed by atoms with van der Waals surface area (Å²) in [6.07, 6.45) is -0.651. The number of methoxy groups -OCH3 is 1. The van der Waals surface area contributed by atoms with E-state index in [-0.39, 0.29) is 12.5 Å². The maximum atomic E-state index is 12.3. The van der Waals surface area contributed by atoms with Crippen molar-refractivity contribution in [3.8, 4) is 22.9 Å². The van der Waals surface area contributed by atoms with Crippen molar-refractivity contribution in [3.63, 3.8) is 0 Å². The van der Waals surface area contributed by atoms with Gasteiger partial charge in [-0.15, -0.1) is 0 Å². The number of ether oxygens (including phenoxy) is 2. The van der Waals surface area contributed by atoms with Crippen molar-refractivity contribution in [2.45, 2.75) is 33.4 Å². The molecule has 0 saturated carbocycles. The fourth-order valence-electron chi connectivity index (χ4n) is 2.77. The second-order valence-electron chi connectivity index (χ2n) is 6.54. The molecule has 0 saturated heterocycles. The molecule has 0 radical (unpaired) electrons. The summed E-state index contributed by atoms with van der Waals surface area (Å²) in [7, 11) is 1.59. The van der Waals surface area contributed by atoms with Crippen LogP contribution in [0.5, 0.6) is 11.5 Å². The second kappa shape index (κ2) is 8.56. The lowest BCUT2D eigenvalue weighted by molar-refractivity contribution is -0.127. The normalized spacial score (nSPS) is 11.7. The van der Waals surface area contributed by atoms with Gasteiger partial charge in [-0.05, 0) is 56.2 Å². The molecule has 1 atom stereocenters. The van der Waals surface area contributed by atoms with Gasteiger partial charge in [-0.3, -0.25) is 4.79 Å². The summed E-state index contributed by atoms with van der Waals surface area (Å²) in [5, 5.41) is 6.70. The van der Waals surface area contributed by atoms with E-state index < -0.39 is 6.10 Å². The second-order valence-corrected chi connectivity index (χ2v) is 6.54. The molecule has 0 spiro atoms. The van der Waals surface area contributed by atoms with Crippen LogP contribution in [-0.2, 0) is 11.3 Å². The summed E-state index contributed by atoms with van der Waals surface area (Å²) in [5.74, 6) is 1.85. The number of aryl methyl sites for hydroxylation is 2. The Morgan fingerprint density at radius 1 is 1.14 bits per heavy atom. The summed E-state index contributed by atoms with van der Waals surface area (Å²) in [5.41, 5.74) is 2.93. The number of benzene rings is 2. The third-order valence-corrected chi connectivity index (χ3v) is 4.09. The quantitative estimate of drug-likeness (QED) is 0.675. The van der Waals surface area contributed by atoms with Crippen LogP contribution in [0.3, 0.4) is 0 Å². The lowest BCUT2D eigenvalue weighted by atomic mass is 10.1. The highest BCUT2D eigenvalue weighted by molar-refractivity contribution is 5.80. The molecular weight excluding hydrogens is 358 g/mol. The molecule has 0 aliphatic rings. The first kappa shape index (κ1) is 19.4. The Bertz CT molecular complexity index is 948. The summed E-state index contributed by atoms with van der Waals surface area (Å²) in [6.45, 7) is 5.79. The van der Waals surface area contributed by atoms with Gasteiger partial charge in [0.25, 0.3) is 5.91 Å². The van der Waals surface area contributed by atoms with Crippen LogP contribution in [0.15, 0.2) is 47.0 Å². The van der Waals surface area contributed by atoms with E-state index >= 15 is 0 Å². The van der Waals surface area contributed by atoms with E-state index in [1.54, 1.807) is 14.0 Å². The van der Waals surface area contributed by atoms with Crippen LogP contribution in [-0.4, -0.2) is 29.3 Å². The van der Waals surface area contributed by atoms with Crippen LogP contribution in [0, 0.1) is 13.8 Å². The molecule has 1 aromatic heterocycles. The number of hydrogen-bond acceptors (Lipinski definition) is 6. The maximum absolute atomic E-state index is 12.3. The summed E-state index contributed by atoms with van der Waals surface area (Å²) in [6, 6.07) is 13.2. The van der Waals surface area contributed by atoms with E-state index in [2.05, 4.69) is 15.5 Å².